The highest BCUT2D eigenvalue weighted by Gasteiger charge is 2.27. The van der Waals surface area contributed by atoms with Crippen molar-refractivity contribution in [3.8, 4) is 0 Å². The minimum Gasteiger partial charge on any atom is -0.456 e. The molecule has 14 heteroatoms. The summed E-state index contributed by atoms with van der Waals surface area (Å²) in [5.74, 6) is -2.91. The Hall–Kier alpha value is -3.46. The predicted molar refractivity (Wildman–Crippen MR) is 192 cm³/mol. The summed E-state index contributed by atoms with van der Waals surface area (Å²) >= 11 is 0. The Kier molecular flexibility index (Phi) is 18.0. The van der Waals surface area contributed by atoms with Crippen molar-refractivity contribution >= 4 is 34.3 Å². The van der Waals surface area contributed by atoms with E-state index in [-0.39, 0.29) is 66.5 Å². The Bertz CT molecular complexity index is 1640. The zero-order valence-corrected chi connectivity index (χ0v) is 30.4. The third-order valence-electron chi connectivity index (χ3n) is 7.80. The molecule has 3 rings (SSSR count). The van der Waals surface area contributed by atoms with Crippen LogP contribution in [-0.2, 0) is 34.1 Å². The van der Waals surface area contributed by atoms with Crippen molar-refractivity contribution < 1.29 is 36.6 Å². The van der Waals surface area contributed by atoms with Crippen molar-refractivity contribution in [3.05, 3.63) is 100 Å². The van der Waals surface area contributed by atoms with Crippen molar-refractivity contribution in [1.29, 1.82) is 0 Å². The highest BCUT2D eigenvalue weighted by molar-refractivity contribution is 7.89. The van der Waals surface area contributed by atoms with Crippen LogP contribution in [0.4, 0.5) is 8.78 Å². The molecule has 0 bridgehead atoms. The maximum atomic E-state index is 14.0. The molecule has 10 nitrogen and oxygen atoms in total. The first kappa shape index (κ1) is 42.7. The number of halogens is 3. The van der Waals surface area contributed by atoms with E-state index in [4.69, 9.17) is 15.6 Å². The molecule has 0 radical (unpaired) electrons. The molecule has 0 unspecified atom stereocenters. The predicted octanol–water partition coefficient (Wildman–Crippen LogP) is 4.76. The van der Waals surface area contributed by atoms with Gasteiger partial charge in [0.15, 0.2) is 0 Å². The summed E-state index contributed by atoms with van der Waals surface area (Å²) in [7, 11) is -4.19. The Morgan fingerprint density at radius 2 is 1.56 bits per heavy atom. The van der Waals surface area contributed by atoms with Gasteiger partial charge in [0.1, 0.15) is 17.7 Å². The van der Waals surface area contributed by atoms with Crippen LogP contribution in [-0.4, -0.2) is 75.2 Å². The summed E-state index contributed by atoms with van der Waals surface area (Å²) in [4.78, 5) is 28.6. The fourth-order valence-corrected chi connectivity index (χ4v) is 6.48. The molecule has 3 aromatic rings. The number of benzene rings is 3. The molecule has 1 amide bonds. The lowest BCUT2D eigenvalue weighted by Crippen LogP contribution is -2.46. The second-order valence-corrected chi connectivity index (χ2v) is 13.7. The second-order valence-electron chi connectivity index (χ2n) is 11.9. The summed E-state index contributed by atoms with van der Waals surface area (Å²) in [6.07, 6.45) is 1.31. The van der Waals surface area contributed by atoms with E-state index in [1.54, 1.807) is 4.90 Å². The third-order valence-corrected chi connectivity index (χ3v) is 9.25. The van der Waals surface area contributed by atoms with E-state index < -0.39 is 45.7 Å². The number of nitrogens with zero attached hydrogens (tertiary/aromatic N) is 1. The van der Waals surface area contributed by atoms with Gasteiger partial charge in [0, 0.05) is 57.0 Å². The van der Waals surface area contributed by atoms with Gasteiger partial charge in [-0.05, 0) is 79.1 Å². The van der Waals surface area contributed by atoms with Crippen LogP contribution in [0.1, 0.15) is 77.4 Å². The zero-order valence-electron chi connectivity index (χ0n) is 28.8. The lowest BCUT2D eigenvalue weighted by molar-refractivity contribution is 0.0237. The van der Waals surface area contributed by atoms with E-state index >= 15 is 0 Å². The fraction of sp³-hybridized carbons (Fsp3) is 0.444. The number of ether oxygens (including phenoxy) is 1. The van der Waals surface area contributed by atoms with Crippen molar-refractivity contribution in [2.75, 3.05) is 32.8 Å². The molecule has 2 atom stereocenters. The molecular formula is C36H49ClF2N4O6S. The average molecular weight is 739 g/mol. The molecule has 276 valence electrons. The van der Waals surface area contributed by atoms with Crippen LogP contribution in [0.5, 0.6) is 0 Å². The highest BCUT2D eigenvalue weighted by atomic mass is 35.5. The van der Waals surface area contributed by atoms with Crippen LogP contribution in [0.3, 0.4) is 0 Å². The summed E-state index contributed by atoms with van der Waals surface area (Å²) in [6.45, 7) is 6.94. The first-order valence-electron chi connectivity index (χ1n) is 16.7. The fourth-order valence-electron chi connectivity index (χ4n) is 5.34. The van der Waals surface area contributed by atoms with E-state index in [2.05, 4.69) is 10.0 Å². The van der Waals surface area contributed by atoms with E-state index in [1.807, 2.05) is 45.0 Å². The van der Waals surface area contributed by atoms with Crippen LogP contribution in [0, 0.1) is 11.6 Å². The molecule has 3 aromatic carbocycles. The Morgan fingerprint density at radius 3 is 2.18 bits per heavy atom. The first-order chi connectivity index (χ1) is 23.4. The van der Waals surface area contributed by atoms with Crippen LogP contribution in [0.2, 0.25) is 0 Å². The number of rotatable bonds is 20. The average Bonchev–Trinajstić information content (AvgIpc) is 3.06. The summed E-state index contributed by atoms with van der Waals surface area (Å²) in [5, 5.41) is 12.4. The number of aryl methyl sites for hydroxylation is 1. The minimum atomic E-state index is -4.19. The van der Waals surface area contributed by atoms with Crippen LogP contribution < -0.4 is 15.8 Å². The first-order valence-corrected chi connectivity index (χ1v) is 18.1. The Morgan fingerprint density at radius 1 is 0.920 bits per heavy atom. The van der Waals surface area contributed by atoms with Crippen molar-refractivity contribution in [1.82, 2.24) is 14.9 Å². The van der Waals surface area contributed by atoms with Gasteiger partial charge < -0.3 is 25.8 Å². The van der Waals surface area contributed by atoms with Gasteiger partial charge >= 0.3 is 5.97 Å². The minimum absolute atomic E-state index is 0. The number of hydrogen-bond donors (Lipinski definition) is 4. The number of esters is 1. The van der Waals surface area contributed by atoms with Crippen LogP contribution >= 0.6 is 12.4 Å². The van der Waals surface area contributed by atoms with Crippen molar-refractivity contribution in [2.24, 2.45) is 5.73 Å². The molecule has 0 spiro atoms. The molecule has 0 fully saturated rings. The van der Waals surface area contributed by atoms with Gasteiger partial charge in [-0.1, -0.05) is 45.0 Å². The van der Waals surface area contributed by atoms with E-state index in [0.29, 0.717) is 32.5 Å². The maximum absolute atomic E-state index is 14.0. The smallest absolute Gasteiger partial charge is 0.338 e. The Balaban J connectivity index is 0.00000867. The second kappa shape index (κ2) is 21.0. The lowest BCUT2D eigenvalue weighted by atomic mass is 10.0. The summed E-state index contributed by atoms with van der Waals surface area (Å²) in [6, 6.07) is 13.7. The van der Waals surface area contributed by atoms with E-state index in [1.165, 1.54) is 12.1 Å². The molecule has 0 aliphatic heterocycles. The Labute approximate surface area is 300 Å². The number of carbonyl (C=O) groups is 2. The molecule has 0 aliphatic carbocycles. The monoisotopic (exact) mass is 738 g/mol. The number of carbonyl (C=O) groups excluding carboxylic acids is 2. The van der Waals surface area contributed by atoms with Crippen LogP contribution in [0.15, 0.2) is 65.6 Å². The third kappa shape index (κ3) is 13.0. The molecule has 5 N–H and O–H groups in total. The van der Waals surface area contributed by atoms with Gasteiger partial charge in [0.05, 0.1) is 10.5 Å². The van der Waals surface area contributed by atoms with Gasteiger partial charge in [-0.2, -0.15) is 0 Å². The van der Waals surface area contributed by atoms with Crippen molar-refractivity contribution in [3.63, 3.8) is 0 Å². The molecule has 50 heavy (non-hydrogen) atoms. The molecule has 0 aliphatic rings. The number of nitrogens with one attached hydrogen (secondary N) is 2. The highest BCUT2D eigenvalue weighted by Crippen LogP contribution is 2.20. The summed E-state index contributed by atoms with van der Waals surface area (Å²) < 4.78 is 62.7. The number of sulfonamides is 1. The molecule has 0 heterocycles. The molecule has 0 saturated heterocycles. The number of aliphatic hydroxyl groups is 1. The van der Waals surface area contributed by atoms with Crippen LogP contribution in [0.25, 0.3) is 0 Å². The largest absolute Gasteiger partial charge is 0.456 e. The SMILES string of the molecule is CCCN(CCC)C(=O)c1cc(C(=O)O[C@H](CNCc2cccc(CC)c2)[C@@H](N)Cc2cc(F)cc(F)c2)cc(S(=O)(=O)NCCCO)c1.Cl. The van der Waals surface area contributed by atoms with Gasteiger partial charge in [-0.15, -0.1) is 12.4 Å². The lowest BCUT2D eigenvalue weighted by Gasteiger charge is -2.25. The topological polar surface area (TPSA) is 151 Å². The number of amides is 1. The standard InChI is InChI=1S/C36H48F2N4O6S.ClH/c1-4-12-42(13-5-2)35(44)28-19-29(21-32(20-28)49(46,47)41-11-8-14-43)36(45)48-34(24-40-23-26-10-7-9-25(6-3)15-26)33(39)18-27-16-30(37)22-31(38)17-27;/h7,9-10,15-17,19-22,33-34,40-41,43H,4-6,8,11-14,18,23-24,39H2,1-3H3;1H/t33-,34+;/m0./s1. The van der Waals surface area contributed by atoms with Gasteiger partial charge in [-0.25, -0.2) is 26.7 Å². The van der Waals surface area contributed by atoms with E-state index in [9.17, 15) is 26.8 Å². The number of nitrogens with two attached hydrogens (primary N) is 1. The summed E-state index contributed by atoms with van der Waals surface area (Å²) in [5.41, 5.74) is 8.71. The maximum Gasteiger partial charge on any atom is 0.338 e. The molecular weight excluding hydrogens is 690 g/mol. The molecule has 0 aromatic heterocycles. The molecule has 0 saturated carbocycles. The van der Waals surface area contributed by atoms with Gasteiger partial charge in [-0.3, -0.25) is 4.79 Å². The number of hydrogen-bond acceptors (Lipinski definition) is 8. The van der Waals surface area contributed by atoms with Gasteiger partial charge in [0.25, 0.3) is 5.91 Å². The van der Waals surface area contributed by atoms with Gasteiger partial charge in [0.2, 0.25) is 10.0 Å². The van der Waals surface area contributed by atoms with E-state index in [0.717, 1.165) is 41.8 Å². The zero-order chi connectivity index (χ0) is 36.0. The number of aliphatic hydroxyl groups excluding tert-OH is 1. The quantitative estimate of drug-likeness (QED) is 0.0958. The normalized spacial score (nSPS) is 12.5. The van der Waals surface area contributed by atoms with Crippen molar-refractivity contribution in [2.45, 2.75) is 76.5 Å².